The summed E-state index contributed by atoms with van der Waals surface area (Å²) >= 11 is 0. The number of ether oxygens (including phenoxy) is 2. The molecule has 0 bridgehead atoms. The molecular weight excluding hydrogens is 421 g/mol. The molecule has 0 aliphatic carbocycles. The van der Waals surface area contributed by atoms with Gasteiger partial charge in [0.05, 0.1) is 13.7 Å². The molecule has 136 valence electrons. The zero-order chi connectivity index (χ0) is 16.9. The van der Waals surface area contributed by atoms with Gasteiger partial charge in [-0.2, -0.15) is 0 Å². The van der Waals surface area contributed by atoms with Crippen LogP contribution in [0.3, 0.4) is 0 Å². The van der Waals surface area contributed by atoms with Crippen LogP contribution in [0.2, 0.25) is 0 Å². The Morgan fingerprint density at radius 2 is 1.92 bits per heavy atom. The predicted octanol–water partition coefficient (Wildman–Crippen LogP) is 2.36. The number of para-hydroxylation sites is 1. The van der Waals surface area contributed by atoms with E-state index in [9.17, 15) is 4.79 Å². The number of guanidine groups is 1. The Kier molecular flexibility index (Phi) is 13.0. The molecule has 1 aromatic rings. The zero-order valence-electron chi connectivity index (χ0n) is 14.6. The lowest BCUT2D eigenvalue weighted by Crippen LogP contribution is -2.38. The number of rotatable bonds is 9. The Morgan fingerprint density at radius 1 is 1.21 bits per heavy atom. The van der Waals surface area contributed by atoms with Gasteiger partial charge in [0.25, 0.3) is 0 Å². The Hall–Kier alpha value is -1.51. The number of esters is 1. The Bertz CT molecular complexity index is 510. The molecule has 0 radical (unpaired) electrons. The molecule has 0 fully saturated rings. The summed E-state index contributed by atoms with van der Waals surface area (Å²) in [5.74, 6) is 1.46. The van der Waals surface area contributed by atoms with Gasteiger partial charge in [-0.3, -0.25) is 9.79 Å². The van der Waals surface area contributed by atoms with Gasteiger partial charge in [-0.25, -0.2) is 0 Å². The fraction of sp³-hybridized carbons (Fsp3) is 0.529. The van der Waals surface area contributed by atoms with Crippen molar-refractivity contribution in [2.24, 2.45) is 4.99 Å². The summed E-state index contributed by atoms with van der Waals surface area (Å²) in [6, 6.07) is 7.97. The molecule has 6 nitrogen and oxygen atoms in total. The second-order valence-corrected chi connectivity index (χ2v) is 4.90. The molecule has 1 aromatic carbocycles. The van der Waals surface area contributed by atoms with E-state index in [1.165, 1.54) is 0 Å². The monoisotopic (exact) mass is 449 g/mol. The van der Waals surface area contributed by atoms with Crippen molar-refractivity contribution in [3.8, 4) is 5.75 Å². The van der Waals surface area contributed by atoms with Crippen LogP contribution < -0.4 is 15.4 Å². The first-order valence-electron chi connectivity index (χ1n) is 7.93. The number of aliphatic imine (C=N–C) groups is 1. The molecule has 1 rings (SSSR count). The number of halogens is 1. The summed E-state index contributed by atoms with van der Waals surface area (Å²) in [5.41, 5.74) is 1.15. The van der Waals surface area contributed by atoms with Gasteiger partial charge in [-0.05, 0) is 31.4 Å². The average Bonchev–Trinajstić information content (AvgIpc) is 2.57. The van der Waals surface area contributed by atoms with Gasteiger partial charge in [0.1, 0.15) is 5.75 Å². The Labute approximate surface area is 161 Å². The van der Waals surface area contributed by atoms with E-state index in [1.54, 1.807) is 14.2 Å². The minimum Gasteiger partial charge on any atom is -0.496 e. The number of carbonyl (C=O) groups excluding carboxylic acids is 1. The van der Waals surface area contributed by atoms with E-state index in [2.05, 4.69) is 21.7 Å². The largest absolute Gasteiger partial charge is 0.496 e. The zero-order valence-corrected chi connectivity index (χ0v) is 17.0. The quantitative estimate of drug-likeness (QED) is 0.199. The van der Waals surface area contributed by atoms with Crippen molar-refractivity contribution in [1.29, 1.82) is 0 Å². The van der Waals surface area contributed by atoms with Crippen molar-refractivity contribution in [3.63, 3.8) is 0 Å². The van der Waals surface area contributed by atoms with Crippen molar-refractivity contribution in [3.05, 3.63) is 29.8 Å². The van der Waals surface area contributed by atoms with E-state index in [-0.39, 0.29) is 29.9 Å². The van der Waals surface area contributed by atoms with Crippen LogP contribution in [0.4, 0.5) is 0 Å². The maximum atomic E-state index is 11.2. The van der Waals surface area contributed by atoms with Crippen LogP contribution in [-0.2, 0) is 16.0 Å². The number of nitrogens with one attached hydrogen (secondary N) is 2. The first kappa shape index (κ1) is 22.5. The number of hydrogen-bond donors (Lipinski definition) is 2. The standard InChI is InChI=1S/C17H27N3O3.HI/c1-4-23-16(21)10-7-12-19-17(18-2)20-13-11-14-8-5-6-9-15(14)22-3;/h5-6,8-9H,4,7,10-13H2,1-3H3,(H2,18,19,20);1H. The summed E-state index contributed by atoms with van der Waals surface area (Å²) in [7, 11) is 3.40. The summed E-state index contributed by atoms with van der Waals surface area (Å²) in [6.45, 7) is 3.66. The highest BCUT2D eigenvalue weighted by atomic mass is 127. The molecule has 0 saturated heterocycles. The van der Waals surface area contributed by atoms with Crippen LogP contribution in [0.15, 0.2) is 29.3 Å². The van der Waals surface area contributed by atoms with Crippen LogP contribution >= 0.6 is 24.0 Å². The van der Waals surface area contributed by atoms with Gasteiger partial charge in [0, 0.05) is 26.6 Å². The van der Waals surface area contributed by atoms with Gasteiger partial charge in [-0.15, -0.1) is 24.0 Å². The summed E-state index contributed by atoms with van der Waals surface area (Å²) in [5, 5.41) is 6.43. The fourth-order valence-corrected chi connectivity index (χ4v) is 2.12. The van der Waals surface area contributed by atoms with Crippen molar-refractivity contribution in [2.45, 2.75) is 26.2 Å². The third-order valence-corrected chi connectivity index (χ3v) is 3.26. The molecule has 0 aromatic heterocycles. The molecule has 24 heavy (non-hydrogen) atoms. The second kappa shape index (κ2) is 13.9. The predicted molar refractivity (Wildman–Crippen MR) is 107 cm³/mol. The molecule has 0 amide bonds. The van der Waals surface area contributed by atoms with Crippen LogP contribution in [-0.4, -0.2) is 45.8 Å². The molecular formula is C17H28IN3O3. The van der Waals surface area contributed by atoms with Crippen LogP contribution in [0.25, 0.3) is 0 Å². The van der Waals surface area contributed by atoms with E-state index in [1.807, 2.05) is 25.1 Å². The summed E-state index contributed by atoms with van der Waals surface area (Å²) in [6.07, 6.45) is 1.97. The van der Waals surface area contributed by atoms with E-state index < -0.39 is 0 Å². The maximum absolute atomic E-state index is 11.2. The summed E-state index contributed by atoms with van der Waals surface area (Å²) < 4.78 is 10.2. The highest BCUT2D eigenvalue weighted by Crippen LogP contribution is 2.17. The first-order chi connectivity index (χ1) is 11.2. The third kappa shape index (κ3) is 8.95. The lowest BCUT2D eigenvalue weighted by Gasteiger charge is -2.13. The molecule has 0 spiro atoms. The number of nitrogens with zero attached hydrogens (tertiary/aromatic N) is 1. The minimum atomic E-state index is -0.159. The van der Waals surface area contributed by atoms with E-state index in [0.717, 1.165) is 30.2 Å². The van der Waals surface area contributed by atoms with Gasteiger partial charge in [-0.1, -0.05) is 18.2 Å². The van der Waals surface area contributed by atoms with Gasteiger partial charge in [0.2, 0.25) is 0 Å². The van der Waals surface area contributed by atoms with E-state index in [4.69, 9.17) is 9.47 Å². The van der Waals surface area contributed by atoms with Gasteiger partial charge in [0.15, 0.2) is 5.96 Å². The average molecular weight is 449 g/mol. The van der Waals surface area contributed by atoms with E-state index in [0.29, 0.717) is 26.0 Å². The maximum Gasteiger partial charge on any atom is 0.305 e. The molecule has 0 heterocycles. The molecule has 0 aliphatic rings. The smallest absolute Gasteiger partial charge is 0.305 e. The van der Waals surface area contributed by atoms with Crippen molar-refractivity contribution < 1.29 is 14.3 Å². The lowest BCUT2D eigenvalue weighted by atomic mass is 10.1. The number of benzene rings is 1. The SMILES string of the molecule is CCOC(=O)CCCNC(=NC)NCCc1ccccc1OC.I. The lowest BCUT2D eigenvalue weighted by molar-refractivity contribution is -0.143. The molecule has 0 atom stereocenters. The van der Waals surface area contributed by atoms with E-state index >= 15 is 0 Å². The molecule has 7 heteroatoms. The van der Waals surface area contributed by atoms with Gasteiger partial charge >= 0.3 is 5.97 Å². The Balaban J connectivity index is 0.00000529. The normalized spacial score (nSPS) is 10.5. The van der Waals surface area contributed by atoms with Crippen LogP contribution in [0.5, 0.6) is 5.75 Å². The number of hydrogen-bond acceptors (Lipinski definition) is 4. The topological polar surface area (TPSA) is 72.0 Å². The van der Waals surface area contributed by atoms with Crippen molar-refractivity contribution in [2.75, 3.05) is 33.9 Å². The first-order valence-corrected chi connectivity index (χ1v) is 7.93. The second-order valence-electron chi connectivity index (χ2n) is 4.90. The van der Waals surface area contributed by atoms with Crippen molar-refractivity contribution in [1.82, 2.24) is 10.6 Å². The molecule has 0 unspecified atom stereocenters. The number of methoxy groups -OCH3 is 1. The third-order valence-electron chi connectivity index (χ3n) is 3.26. The Morgan fingerprint density at radius 3 is 2.58 bits per heavy atom. The minimum absolute atomic E-state index is 0. The molecule has 2 N–H and O–H groups in total. The highest BCUT2D eigenvalue weighted by molar-refractivity contribution is 14.0. The fourth-order valence-electron chi connectivity index (χ4n) is 2.12. The van der Waals surface area contributed by atoms with Crippen LogP contribution in [0, 0.1) is 0 Å². The summed E-state index contributed by atoms with van der Waals surface area (Å²) in [4.78, 5) is 15.4. The highest BCUT2D eigenvalue weighted by Gasteiger charge is 2.04. The van der Waals surface area contributed by atoms with Gasteiger partial charge < -0.3 is 20.1 Å². The molecule has 0 aliphatic heterocycles. The number of carbonyl (C=O) groups is 1. The van der Waals surface area contributed by atoms with Crippen molar-refractivity contribution >= 4 is 35.9 Å². The van der Waals surface area contributed by atoms with Crippen LogP contribution in [0.1, 0.15) is 25.3 Å². The molecule has 0 saturated carbocycles.